The van der Waals surface area contributed by atoms with Crippen molar-refractivity contribution in [2.45, 2.75) is 12.6 Å². The lowest BCUT2D eigenvalue weighted by Gasteiger charge is -2.46. The van der Waals surface area contributed by atoms with Gasteiger partial charge in [0.15, 0.2) is 0 Å². The van der Waals surface area contributed by atoms with Crippen LogP contribution < -0.4 is 4.90 Å². The Labute approximate surface area is 139 Å². The molecule has 0 aliphatic carbocycles. The third kappa shape index (κ3) is 1.61. The van der Waals surface area contributed by atoms with Gasteiger partial charge in [0.05, 0.1) is 16.9 Å². The van der Waals surface area contributed by atoms with Crippen molar-refractivity contribution in [3.63, 3.8) is 0 Å². The zero-order valence-electron chi connectivity index (χ0n) is 13.3. The quantitative estimate of drug-likeness (QED) is 0.669. The smallest absolute Gasteiger partial charge is 0.257 e. The second kappa shape index (κ2) is 4.54. The lowest BCUT2D eigenvalue weighted by Crippen LogP contribution is -2.51. The number of aromatic hydroxyl groups is 1. The van der Waals surface area contributed by atoms with Crippen LogP contribution in [0.3, 0.4) is 0 Å². The van der Waals surface area contributed by atoms with Gasteiger partial charge in [-0.05, 0) is 42.3 Å². The number of H-pyrrole nitrogens is 1. The van der Waals surface area contributed by atoms with Crippen molar-refractivity contribution >= 4 is 22.5 Å². The number of phenols is 1. The Morgan fingerprint density at radius 1 is 1.21 bits per heavy atom. The highest BCUT2D eigenvalue weighted by molar-refractivity contribution is 6.02. The number of carbonyl (C=O) groups excluding carboxylic acids is 1. The van der Waals surface area contributed by atoms with Crippen LogP contribution >= 0.6 is 0 Å². The maximum Gasteiger partial charge on any atom is 0.257 e. The van der Waals surface area contributed by atoms with Gasteiger partial charge in [-0.25, -0.2) is 0 Å². The molecule has 3 aromatic rings. The molecule has 0 fully saturated rings. The van der Waals surface area contributed by atoms with Crippen LogP contribution in [0.4, 0.5) is 5.69 Å². The van der Waals surface area contributed by atoms with Crippen LogP contribution in [-0.4, -0.2) is 34.5 Å². The molecule has 2 aliphatic rings. The minimum Gasteiger partial charge on any atom is -0.508 e. The van der Waals surface area contributed by atoms with Gasteiger partial charge >= 0.3 is 0 Å². The molecular formula is C19H17N3O2. The molecule has 1 atom stereocenters. The Morgan fingerprint density at radius 3 is 2.92 bits per heavy atom. The zero-order chi connectivity index (χ0) is 16.4. The summed E-state index contributed by atoms with van der Waals surface area (Å²) < 4.78 is 0. The molecule has 0 radical (unpaired) electrons. The molecule has 5 rings (SSSR count). The van der Waals surface area contributed by atoms with Crippen LogP contribution in [0.1, 0.15) is 27.8 Å². The summed E-state index contributed by atoms with van der Waals surface area (Å²) in [4.78, 5) is 20.5. The van der Waals surface area contributed by atoms with Gasteiger partial charge in [-0.1, -0.05) is 12.1 Å². The molecule has 0 saturated carbocycles. The summed E-state index contributed by atoms with van der Waals surface area (Å²) in [6.45, 7) is 0.678. The lowest BCUT2D eigenvalue weighted by molar-refractivity contribution is 0.0634. The summed E-state index contributed by atoms with van der Waals surface area (Å²) in [7, 11) is 2.03. The van der Waals surface area contributed by atoms with Gasteiger partial charge in [-0.2, -0.15) is 0 Å². The summed E-state index contributed by atoms with van der Waals surface area (Å²) >= 11 is 0. The maximum atomic E-state index is 12.9. The summed E-state index contributed by atoms with van der Waals surface area (Å²) in [5.74, 6) is 0.353. The number of fused-ring (bicyclic) bond motifs is 6. The van der Waals surface area contributed by atoms with E-state index < -0.39 is 0 Å². The van der Waals surface area contributed by atoms with E-state index >= 15 is 0 Å². The second-order valence-electron chi connectivity index (χ2n) is 6.50. The molecule has 0 unspecified atom stereocenters. The Morgan fingerprint density at radius 2 is 2.04 bits per heavy atom. The molecule has 0 bridgehead atoms. The number of para-hydroxylation sites is 1. The first kappa shape index (κ1) is 13.5. The average Bonchev–Trinajstić information content (AvgIpc) is 2.97. The first-order valence-corrected chi connectivity index (χ1v) is 8.11. The molecule has 0 spiro atoms. The summed E-state index contributed by atoms with van der Waals surface area (Å²) in [6.07, 6.45) is 0.655. The van der Waals surface area contributed by atoms with Crippen molar-refractivity contribution in [1.82, 2.24) is 9.88 Å². The number of nitrogens with zero attached hydrogens (tertiary/aromatic N) is 2. The minimum absolute atomic E-state index is 0.0841. The molecule has 1 aromatic heterocycles. The highest BCUT2D eigenvalue weighted by atomic mass is 16.3. The summed E-state index contributed by atoms with van der Waals surface area (Å²) in [5.41, 5.74) is 4.96. The predicted octanol–water partition coefficient (Wildman–Crippen LogP) is 3.02. The van der Waals surface area contributed by atoms with Gasteiger partial charge in [0, 0.05) is 24.5 Å². The normalized spacial score (nSPS) is 19.2. The average molecular weight is 319 g/mol. The van der Waals surface area contributed by atoms with E-state index in [0.717, 1.165) is 34.3 Å². The number of rotatable bonds is 0. The number of carbonyl (C=O) groups is 1. The van der Waals surface area contributed by atoms with E-state index in [4.69, 9.17) is 0 Å². The van der Waals surface area contributed by atoms with Crippen LogP contribution in [-0.2, 0) is 6.42 Å². The standard InChI is InChI=1S/C19H17N3O2/c1-21-16-5-3-2-4-13(16)19(24)22-9-8-12-14-10-11(23)6-7-15(14)20-17(12)18(21)22/h2-7,10,18,20,23H,8-9H2,1H3/t18-/m0/s1. The number of phenolic OH excluding ortho intramolecular Hbond substituents is 1. The van der Waals surface area contributed by atoms with Crippen molar-refractivity contribution in [2.24, 2.45) is 0 Å². The largest absolute Gasteiger partial charge is 0.508 e. The SMILES string of the molecule is CN1c2ccccc2C(=O)N2CCc3c([nH]c4ccc(O)cc34)[C@H]21. The topological polar surface area (TPSA) is 59.6 Å². The molecule has 0 saturated heterocycles. The predicted molar refractivity (Wildman–Crippen MR) is 92.3 cm³/mol. The van der Waals surface area contributed by atoms with Gasteiger partial charge in [0.2, 0.25) is 0 Å². The lowest BCUT2D eigenvalue weighted by atomic mass is 9.96. The van der Waals surface area contributed by atoms with Gasteiger partial charge in [0.25, 0.3) is 5.91 Å². The number of amides is 1. The molecule has 24 heavy (non-hydrogen) atoms. The fourth-order valence-electron chi connectivity index (χ4n) is 4.12. The van der Waals surface area contributed by atoms with Crippen molar-refractivity contribution in [1.29, 1.82) is 0 Å². The number of nitrogens with one attached hydrogen (secondary N) is 1. The van der Waals surface area contributed by atoms with E-state index in [-0.39, 0.29) is 17.8 Å². The Bertz CT molecular complexity index is 991. The van der Waals surface area contributed by atoms with Crippen LogP contribution in [0, 0.1) is 0 Å². The number of aromatic nitrogens is 1. The third-order valence-electron chi connectivity index (χ3n) is 5.22. The highest BCUT2D eigenvalue weighted by Gasteiger charge is 2.41. The molecule has 2 aromatic carbocycles. The maximum absolute atomic E-state index is 12.9. The fourth-order valence-corrected chi connectivity index (χ4v) is 4.12. The zero-order valence-corrected chi connectivity index (χ0v) is 13.3. The second-order valence-corrected chi connectivity index (χ2v) is 6.50. The van der Waals surface area contributed by atoms with Gasteiger partial charge in [-0.15, -0.1) is 0 Å². The molecule has 5 heteroatoms. The van der Waals surface area contributed by atoms with E-state index in [0.29, 0.717) is 6.54 Å². The Hall–Kier alpha value is -2.95. The number of aromatic amines is 1. The van der Waals surface area contributed by atoms with Gasteiger partial charge in [0.1, 0.15) is 11.9 Å². The fraction of sp³-hybridized carbons (Fsp3) is 0.211. The first-order chi connectivity index (χ1) is 11.6. The molecular weight excluding hydrogens is 302 g/mol. The number of hydrogen-bond acceptors (Lipinski definition) is 3. The van der Waals surface area contributed by atoms with E-state index in [1.165, 1.54) is 5.56 Å². The monoisotopic (exact) mass is 319 g/mol. The van der Waals surface area contributed by atoms with E-state index in [2.05, 4.69) is 9.88 Å². The van der Waals surface area contributed by atoms with E-state index in [1.807, 2.05) is 42.3 Å². The van der Waals surface area contributed by atoms with Crippen LogP contribution in [0.2, 0.25) is 0 Å². The van der Waals surface area contributed by atoms with Gasteiger partial charge in [-0.3, -0.25) is 4.79 Å². The molecule has 5 nitrogen and oxygen atoms in total. The van der Waals surface area contributed by atoms with Crippen molar-refractivity contribution < 1.29 is 9.90 Å². The molecule has 3 heterocycles. The summed E-state index contributed by atoms with van der Waals surface area (Å²) in [6, 6.07) is 13.1. The van der Waals surface area contributed by atoms with Crippen molar-refractivity contribution in [2.75, 3.05) is 18.5 Å². The van der Waals surface area contributed by atoms with Crippen LogP contribution in [0.25, 0.3) is 10.9 Å². The molecule has 2 aliphatic heterocycles. The minimum atomic E-state index is -0.134. The molecule has 120 valence electrons. The Balaban J connectivity index is 1.74. The van der Waals surface area contributed by atoms with E-state index in [9.17, 15) is 9.90 Å². The van der Waals surface area contributed by atoms with Crippen LogP contribution in [0.15, 0.2) is 42.5 Å². The Kier molecular flexibility index (Phi) is 2.55. The third-order valence-corrected chi connectivity index (χ3v) is 5.22. The number of anilines is 1. The first-order valence-electron chi connectivity index (χ1n) is 8.11. The number of benzene rings is 2. The van der Waals surface area contributed by atoms with Gasteiger partial charge < -0.3 is 19.9 Å². The number of hydrogen-bond donors (Lipinski definition) is 2. The van der Waals surface area contributed by atoms with Crippen molar-refractivity contribution in [3.05, 3.63) is 59.3 Å². The molecule has 2 N–H and O–H groups in total. The summed E-state index contributed by atoms with van der Waals surface area (Å²) in [5, 5.41) is 10.9. The highest BCUT2D eigenvalue weighted by Crippen LogP contribution is 2.43. The van der Waals surface area contributed by atoms with Crippen LogP contribution in [0.5, 0.6) is 5.75 Å². The van der Waals surface area contributed by atoms with Crippen molar-refractivity contribution in [3.8, 4) is 5.75 Å². The van der Waals surface area contributed by atoms with E-state index in [1.54, 1.807) is 12.1 Å². The molecule has 1 amide bonds.